The first kappa shape index (κ1) is 11.9. The zero-order valence-corrected chi connectivity index (χ0v) is 10.4. The fourth-order valence-electron chi connectivity index (χ4n) is 2.02. The topological polar surface area (TPSA) is 23.6 Å². The van der Waals surface area contributed by atoms with Gasteiger partial charge in [-0.3, -0.25) is 9.69 Å². The van der Waals surface area contributed by atoms with Crippen molar-refractivity contribution in [3.63, 3.8) is 0 Å². The van der Waals surface area contributed by atoms with E-state index in [2.05, 4.69) is 29.2 Å². The van der Waals surface area contributed by atoms with E-state index in [4.69, 9.17) is 0 Å². The SMILES string of the molecule is CN(C)/C=C/C(=O)CN1Cc2ccccc2C1. The van der Waals surface area contributed by atoms with Gasteiger partial charge in [-0.05, 0) is 17.2 Å². The van der Waals surface area contributed by atoms with Crippen LogP contribution in [0.4, 0.5) is 0 Å². The average molecular weight is 230 g/mol. The molecule has 0 unspecified atom stereocenters. The van der Waals surface area contributed by atoms with E-state index in [1.807, 2.05) is 19.0 Å². The maximum Gasteiger partial charge on any atom is 0.171 e. The van der Waals surface area contributed by atoms with Gasteiger partial charge in [0.1, 0.15) is 0 Å². The number of rotatable bonds is 4. The molecule has 1 heterocycles. The summed E-state index contributed by atoms with van der Waals surface area (Å²) in [6.07, 6.45) is 3.44. The number of carbonyl (C=O) groups is 1. The number of ketones is 1. The third-order valence-corrected chi connectivity index (χ3v) is 2.84. The van der Waals surface area contributed by atoms with Crippen molar-refractivity contribution in [2.45, 2.75) is 13.1 Å². The van der Waals surface area contributed by atoms with Crippen LogP contribution >= 0.6 is 0 Å². The van der Waals surface area contributed by atoms with Crippen molar-refractivity contribution in [1.82, 2.24) is 9.80 Å². The van der Waals surface area contributed by atoms with Gasteiger partial charge in [-0.15, -0.1) is 0 Å². The highest BCUT2D eigenvalue weighted by Gasteiger charge is 2.19. The van der Waals surface area contributed by atoms with E-state index in [9.17, 15) is 4.79 Å². The summed E-state index contributed by atoms with van der Waals surface area (Å²) in [6.45, 7) is 2.27. The Bertz CT molecular complexity index is 413. The first-order valence-electron chi connectivity index (χ1n) is 5.82. The van der Waals surface area contributed by atoms with Crippen LogP contribution in [-0.2, 0) is 17.9 Å². The standard InChI is InChI=1S/C14H18N2O/c1-15(2)8-7-14(17)11-16-9-12-5-3-4-6-13(12)10-16/h3-8H,9-11H2,1-2H3/b8-7+. The second kappa shape index (κ2) is 5.15. The minimum Gasteiger partial charge on any atom is -0.383 e. The summed E-state index contributed by atoms with van der Waals surface area (Å²) >= 11 is 0. The fraction of sp³-hybridized carbons (Fsp3) is 0.357. The van der Waals surface area contributed by atoms with E-state index in [1.54, 1.807) is 12.3 Å². The Balaban J connectivity index is 1.90. The lowest BCUT2D eigenvalue weighted by Gasteiger charge is -2.12. The first-order chi connectivity index (χ1) is 8.15. The Morgan fingerprint density at radius 1 is 1.29 bits per heavy atom. The first-order valence-corrected chi connectivity index (χ1v) is 5.82. The summed E-state index contributed by atoms with van der Waals surface area (Å²) in [7, 11) is 3.82. The molecule has 2 rings (SSSR count). The van der Waals surface area contributed by atoms with Crippen molar-refractivity contribution in [1.29, 1.82) is 0 Å². The van der Waals surface area contributed by atoms with Gasteiger partial charge in [0, 0.05) is 33.4 Å². The zero-order chi connectivity index (χ0) is 12.3. The normalized spacial score (nSPS) is 15.2. The van der Waals surface area contributed by atoms with Crippen LogP contribution in [0.3, 0.4) is 0 Å². The molecule has 0 N–H and O–H groups in total. The van der Waals surface area contributed by atoms with Gasteiger partial charge in [0.15, 0.2) is 5.78 Å². The highest BCUT2D eigenvalue weighted by atomic mass is 16.1. The van der Waals surface area contributed by atoms with Crippen molar-refractivity contribution in [3.8, 4) is 0 Å². The number of benzene rings is 1. The molecule has 0 saturated carbocycles. The predicted octanol–water partition coefficient (Wildman–Crippen LogP) is 1.65. The Hall–Kier alpha value is -1.61. The summed E-state index contributed by atoms with van der Waals surface area (Å²) in [5.41, 5.74) is 2.69. The van der Waals surface area contributed by atoms with Gasteiger partial charge in [-0.1, -0.05) is 24.3 Å². The van der Waals surface area contributed by atoms with Crippen molar-refractivity contribution >= 4 is 5.78 Å². The molecule has 0 atom stereocenters. The number of nitrogens with zero attached hydrogens (tertiary/aromatic N) is 2. The van der Waals surface area contributed by atoms with E-state index in [-0.39, 0.29) is 5.78 Å². The molecule has 0 aromatic heterocycles. The molecule has 0 radical (unpaired) electrons. The van der Waals surface area contributed by atoms with Crippen molar-refractivity contribution in [2.24, 2.45) is 0 Å². The molecule has 1 aromatic rings. The summed E-state index contributed by atoms with van der Waals surface area (Å²) in [4.78, 5) is 15.7. The van der Waals surface area contributed by atoms with Crippen LogP contribution in [0.1, 0.15) is 11.1 Å². The molecule has 3 heteroatoms. The number of fused-ring (bicyclic) bond motifs is 1. The highest BCUT2D eigenvalue weighted by Crippen LogP contribution is 2.21. The van der Waals surface area contributed by atoms with Crippen LogP contribution < -0.4 is 0 Å². The van der Waals surface area contributed by atoms with Gasteiger partial charge < -0.3 is 4.90 Å². The van der Waals surface area contributed by atoms with Gasteiger partial charge in [-0.25, -0.2) is 0 Å². The van der Waals surface area contributed by atoms with Gasteiger partial charge >= 0.3 is 0 Å². The lowest BCUT2D eigenvalue weighted by molar-refractivity contribution is -0.115. The van der Waals surface area contributed by atoms with E-state index in [0.29, 0.717) is 6.54 Å². The maximum absolute atomic E-state index is 11.7. The Morgan fingerprint density at radius 3 is 2.41 bits per heavy atom. The quantitative estimate of drug-likeness (QED) is 0.735. The molecular formula is C14H18N2O. The Morgan fingerprint density at radius 2 is 1.88 bits per heavy atom. The second-order valence-electron chi connectivity index (χ2n) is 4.66. The molecule has 17 heavy (non-hydrogen) atoms. The lowest BCUT2D eigenvalue weighted by Crippen LogP contribution is -2.23. The molecular weight excluding hydrogens is 212 g/mol. The zero-order valence-electron chi connectivity index (χ0n) is 10.4. The summed E-state index contributed by atoms with van der Waals surface area (Å²) in [6, 6.07) is 8.37. The van der Waals surface area contributed by atoms with E-state index >= 15 is 0 Å². The molecule has 0 spiro atoms. The number of hydrogen-bond donors (Lipinski definition) is 0. The molecule has 0 fully saturated rings. The Kier molecular flexibility index (Phi) is 3.59. The fourth-order valence-corrected chi connectivity index (χ4v) is 2.02. The lowest BCUT2D eigenvalue weighted by atomic mass is 10.1. The van der Waals surface area contributed by atoms with Gasteiger partial charge in [0.05, 0.1) is 6.54 Å². The van der Waals surface area contributed by atoms with E-state index < -0.39 is 0 Å². The highest BCUT2D eigenvalue weighted by molar-refractivity contribution is 5.91. The van der Waals surface area contributed by atoms with Gasteiger partial charge in [-0.2, -0.15) is 0 Å². The number of carbonyl (C=O) groups excluding carboxylic acids is 1. The van der Waals surface area contributed by atoms with Gasteiger partial charge in [0.25, 0.3) is 0 Å². The molecule has 1 aromatic carbocycles. The summed E-state index contributed by atoms with van der Waals surface area (Å²) in [5, 5.41) is 0. The predicted molar refractivity (Wildman–Crippen MR) is 68.4 cm³/mol. The maximum atomic E-state index is 11.7. The molecule has 1 aliphatic heterocycles. The van der Waals surface area contributed by atoms with Crippen molar-refractivity contribution in [3.05, 3.63) is 47.7 Å². The second-order valence-corrected chi connectivity index (χ2v) is 4.66. The monoisotopic (exact) mass is 230 g/mol. The molecule has 0 amide bonds. The molecule has 90 valence electrons. The van der Waals surface area contributed by atoms with Crippen molar-refractivity contribution in [2.75, 3.05) is 20.6 Å². The average Bonchev–Trinajstić information content (AvgIpc) is 2.68. The van der Waals surface area contributed by atoms with Crippen LogP contribution in [0.15, 0.2) is 36.5 Å². The molecule has 0 aliphatic carbocycles. The number of hydrogen-bond acceptors (Lipinski definition) is 3. The molecule has 0 bridgehead atoms. The van der Waals surface area contributed by atoms with Gasteiger partial charge in [0.2, 0.25) is 0 Å². The smallest absolute Gasteiger partial charge is 0.171 e. The minimum absolute atomic E-state index is 0.159. The van der Waals surface area contributed by atoms with Crippen LogP contribution in [-0.4, -0.2) is 36.2 Å². The third kappa shape index (κ3) is 3.17. The van der Waals surface area contributed by atoms with E-state index in [0.717, 1.165) is 13.1 Å². The summed E-state index contributed by atoms with van der Waals surface area (Å²) < 4.78 is 0. The Labute approximate surface area is 102 Å². The summed E-state index contributed by atoms with van der Waals surface area (Å²) in [5.74, 6) is 0.159. The van der Waals surface area contributed by atoms with Crippen LogP contribution in [0.2, 0.25) is 0 Å². The molecule has 0 saturated heterocycles. The molecule has 1 aliphatic rings. The van der Waals surface area contributed by atoms with Crippen LogP contribution in [0, 0.1) is 0 Å². The molecule has 3 nitrogen and oxygen atoms in total. The van der Waals surface area contributed by atoms with E-state index in [1.165, 1.54) is 11.1 Å². The largest absolute Gasteiger partial charge is 0.383 e. The van der Waals surface area contributed by atoms with Crippen LogP contribution in [0.25, 0.3) is 0 Å². The van der Waals surface area contributed by atoms with Crippen molar-refractivity contribution < 1.29 is 4.79 Å². The van der Waals surface area contributed by atoms with Crippen LogP contribution in [0.5, 0.6) is 0 Å². The minimum atomic E-state index is 0.159. The third-order valence-electron chi connectivity index (χ3n) is 2.84.